The molecule has 0 saturated carbocycles. The van der Waals surface area contributed by atoms with Crippen LogP contribution in [0.4, 0.5) is 0 Å². The second kappa shape index (κ2) is 10.6. The van der Waals surface area contributed by atoms with E-state index in [0.717, 1.165) is 16.0 Å². The second-order valence-electron chi connectivity index (χ2n) is 9.16. The molecule has 1 unspecified atom stereocenters. The number of hydrogen-bond donors (Lipinski definition) is 1. The van der Waals surface area contributed by atoms with Crippen molar-refractivity contribution in [2.24, 2.45) is 0 Å². The van der Waals surface area contributed by atoms with E-state index in [-0.39, 0.29) is 17.9 Å². The molecule has 3 aromatic carbocycles. The van der Waals surface area contributed by atoms with E-state index < -0.39 is 17.7 Å². The van der Waals surface area contributed by atoms with E-state index in [1.54, 1.807) is 12.1 Å². The highest BCUT2D eigenvalue weighted by atomic mass is 32.1. The third kappa shape index (κ3) is 4.80. The van der Waals surface area contributed by atoms with Gasteiger partial charge in [-0.05, 0) is 72.3 Å². The van der Waals surface area contributed by atoms with Gasteiger partial charge < -0.3 is 19.5 Å². The van der Waals surface area contributed by atoms with Crippen molar-refractivity contribution in [3.05, 3.63) is 117 Å². The van der Waals surface area contributed by atoms with Crippen LogP contribution in [0.3, 0.4) is 0 Å². The zero-order chi connectivity index (χ0) is 26.8. The Morgan fingerprint density at radius 2 is 1.71 bits per heavy atom. The lowest BCUT2D eigenvalue weighted by molar-refractivity contribution is -0.140. The van der Waals surface area contributed by atoms with Crippen LogP contribution >= 0.6 is 11.3 Å². The van der Waals surface area contributed by atoms with Crippen molar-refractivity contribution in [2.75, 3.05) is 7.11 Å². The lowest BCUT2D eigenvalue weighted by Crippen LogP contribution is -2.28. The summed E-state index contributed by atoms with van der Waals surface area (Å²) in [6, 6.07) is 23.3. The largest absolute Gasteiger partial charge is 0.507 e. The number of ether oxygens (including phenoxy) is 2. The SMILES string of the molecule is COc1c(C)cc(C)cc1/C(O)=C1\C(=O)C(=O)N(Cc2cccs2)C1c1cccc(Oc2ccccc2)c1. The van der Waals surface area contributed by atoms with Gasteiger partial charge in [0.1, 0.15) is 23.0 Å². The highest BCUT2D eigenvalue weighted by Crippen LogP contribution is 2.43. The Kier molecular flexibility index (Phi) is 7.03. The topological polar surface area (TPSA) is 76.1 Å². The number of aliphatic hydroxyl groups is 1. The maximum absolute atomic E-state index is 13.5. The Balaban J connectivity index is 1.67. The summed E-state index contributed by atoms with van der Waals surface area (Å²) >= 11 is 1.50. The molecule has 2 heterocycles. The van der Waals surface area contributed by atoms with Gasteiger partial charge in [0.05, 0.1) is 30.8 Å². The molecule has 1 amide bonds. The number of nitrogens with zero attached hydrogens (tertiary/aromatic N) is 1. The summed E-state index contributed by atoms with van der Waals surface area (Å²) < 4.78 is 11.6. The van der Waals surface area contributed by atoms with Crippen molar-refractivity contribution < 1.29 is 24.2 Å². The van der Waals surface area contributed by atoms with E-state index in [9.17, 15) is 14.7 Å². The van der Waals surface area contributed by atoms with Gasteiger partial charge in [0.25, 0.3) is 11.7 Å². The molecule has 1 aliphatic heterocycles. The normalized spacial score (nSPS) is 16.6. The first-order valence-electron chi connectivity index (χ1n) is 12.2. The number of benzene rings is 3. The maximum atomic E-state index is 13.5. The molecule has 1 fully saturated rings. The molecule has 192 valence electrons. The number of Topliss-reactive ketones (excluding diaryl/α,β-unsaturated/α-hetero) is 1. The van der Waals surface area contributed by atoms with E-state index in [1.807, 2.05) is 86.0 Å². The van der Waals surface area contributed by atoms with E-state index in [4.69, 9.17) is 9.47 Å². The van der Waals surface area contributed by atoms with Crippen molar-refractivity contribution in [1.82, 2.24) is 4.90 Å². The summed E-state index contributed by atoms with van der Waals surface area (Å²) in [5, 5.41) is 13.5. The average Bonchev–Trinajstić information content (AvgIpc) is 3.51. The predicted octanol–water partition coefficient (Wildman–Crippen LogP) is 6.79. The maximum Gasteiger partial charge on any atom is 0.295 e. The van der Waals surface area contributed by atoms with Crippen molar-refractivity contribution in [1.29, 1.82) is 0 Å². The van der Waals surface area contributed by atoms with Gasteiger partial charge in [-0.1, -0.05) is 42.5 Å². The Morgan fingerprint density at radius 3 is 2.42 bits per heavy atom. The predicted molar refractivity (Wildman–Crippen MR) is 148 cm³/mol. The van der Waals surface area contributed by atoms with Crippen molar-refractivity contribution in [2.45, 2.75) is 26.4 Å². The van der Waals surface area contributed by atoms with Gasteiger partial charge in [0.2, 0.25) is 0 Å². The minimum atomic E-state index is -0.818. The molecule has 4 aromatic rings. The first-order chi connectivity index (χ1) is 18.4. The first kappa shape index (κ1) is 25.3. The summed E-state index contributed by atoms with van der Waals surface area (Å²) in [6.07, 6.45) is 0. The van der Waals surface area contributed by atoms with Crippen LogP contribution in [0.15, 0.2) is 89.8 Å². The summed E-state index contributed by atoms with van der Waals surface area (Å²) in [4.78, 5) is 29.3. The Labute approximate surface area is 225 Å². The van der Waals surface area contributed by atoms with Crippen molar-refractivity contribution in [3.8, 4) is 17.2 Å². The van der Waals surface area contributed by atoms with Crippen LogP contribution < -0.4 is 9.47 Å². The van der Waals surface area contributed by atoms with E-state index in [2.05, 4.69) is 0 Å². The molecule has 0 spiro atoms. The molecule has 0 aliphatic carbocycles. The number of rotatable bonds is 7. The first-order valence-corrected chi connectivity index (χ1v) is 13.0. The van der Waals surface area contributed by atoms with Crippen LogP contribution in [0.1, 0.15) is 33.2 Å². The molecule has 1 aliphatic rings. The molecule has 1 atom stereocenters. The molecular weight excluding hydrogens is 498 g/mol. The van der Waals surface area contributed by atoms with Gasteiger partial charge in [-0.3, -0.25) is 9.59 Å². The fraction of sp³-hybridized carbons (Fsp3) is 0.161. The Morgan fingerprint density at radius 1 is 0.947 bits per heavy atom. The van der Waals surface area contributed by atoms with E-state index >= 15 is 0 Å². The summed E-state index contributed by atoms with van der Waals surface area (Å²) in [6.45, 7) is 4.01. The van der Waals surface area contributed by atoms with E-state index in [1.165, 1.54) is 23.3 Å². The zero-order valence-corrected chi connectivity index (χ0v) is 22.1. The monoisotopic (exact) mass is 525 g/mol. The standard InChI is InChI=1S/C31H27NO5S/c1-19-15-20(2)30(36-3)25(16-19)28(33)26-27(32(31(35)29(26)34)18-24-13-8-14-38-24)21-9-7-12-23(17-21)37-22-10-5-4-6-11-22/h4-17,27,33H,18H2,1-3H3/b28-26+. The number of ketones is 1. The molecule has 6 nitrogen and oxygen atoms in total. The van der Waals surface area contributed by atoms with Crippen LogP contribution in [-0.2, 0) is 16.1 Å². The molecule has 0 radical (unpaired) electrons. The van der Waals surface area contributed by atoms with Crippen LogP contribution in [-0.4, -0.2) is 28.8 Å². The van der Waals surface area contributed by atoms with E-state index in [0.29, 0.717) is 28.4 Å². The van der Waals surface area contributed by atoms with Crippen LogP contribution in [0.2, 0.25) is 0 Å². The number of thiophene rings is 1. The van der Waals surface area contributed by atoms with Gasteiger partial charge in [0.15, 0.2) is 0 Å². The van der Waals surface area contributed by atoms with Gasteiger partial charge in [-0.15, -0.1) is 11.3 Å². The molecule has 38 heavy (non-hydrogen) atoms. The number of likely N-dealkylation sites (tertiary alicyclic amines) is 1. The third-order valence-corrected chi connectivity index (χ3v) is 7.34. The van der Waals surface area contributed by atoms with Gasteiger partial charge in [-0.2, -0.15) is 0 Å². The van der Waals surface area contributed by atoms with Gasteiger partial charge in [-0.25, -0.2) is 0 Å². The minimum absolute atomic E-state index is 0.0201. The highest BCUT2D eigenvalue weighted by Gasteiger charge is 2.46. The van der Waals surface area contributed by atoms with Crippen molar-refractivity contribution >= 4 is 28.8 Å². The van der Waals surface area contributed by atoms with Crippen LogP contribution in [0.25, 0.3) is 5.76 Å². The van der Waals surface area contributed by atoms with Gasteiger partial charge >= 0.3 is 0 Å². The minimum Gasteiger partial charge on any atom is -0.507 e. The van der Waals surface area contributed by atoms with Crippen LogP contribution in [0, 0.1) is 13.8 Å². The van der Waals surface area contributed by atoms with Crippen molar-refractivity contribution in [3.63, 3.8) is 0 Å². The number of carbonyl (C=O) groups is 2. The summed E-state index contributed by atoms with van der Waals surface area (Å²) in [5.41, 5.74) is 2.76. The number of amides is 1. The number of aryl methyl sites for hydroxylation is 2. The fourth-order valence-electron chi connectivity index (χ4n) is 4.88. The smallest absolute Gasteiger partial charge is 0.295 e. The number of methoxy groups -OCH3 is 1. The summed E-state index contributed by atoms with van der Waals surface area (Å²) in [5.74, 6) is 0.0106. The average molecular weight is 526 g/mol. The number of aliphatic hydroxyl groups excluding tert-OH is 1. The molecule has 1 aromatic heterocycles. The summed E-state index contributed by atoms with van der Waals surface area (Å²) in [7, 11) is 1.52. The zero-order valence-electron chi connectivity index (χ0n) is 21.3. The number of hydrogen-bond acceptors (Lipinski definition) is 6. The molecule has 1 N–H and O–H groups in total. The molecule has 1 saturated heterocycles. The number of carbonyl (C=O) groups excluding carboxylic acids is 2. The highest BCUT2D eigenvalue weighted by molar-refractivity contribution is 7.09. The van der Waals surface area contributed by atoms with Gasteiger partial charge in [0, 0.05) is 4.88 Å². The molecule has 7 heteroatoms. The molecule has 0 bridgehead atoms. The fourth-order valence-corrected chi connectivity index (χ4v) is 5.58. The molecular formula is C31H27NO5S. The lowest BCUT2D eigenvalue weighted by atomic mass is 9.93. The molecule has 5 rings (SSSR count). The quantitative estimate of drug-likeness (QED) is 0.163. The lowest BCUT2D eigenvalue weighted by Gasteiger charge is -2.25. The number of para-hydroxylation sites is 1. The Hall–Kier alpha value is -4.36. The Bertz CT molecular complexity index is 1530. The van der Waals surface area contributed by atoms with Crippen LogP contribution in [0.5, 0.6) is 17.2 Å². The second-order valence-corrected chi connectivity index (χ2v) is 10.2. The third-order valence-electron chi connectivity index (χ3n) is 6.48.